The lowest BCUT2D eigenvalue weighted by Crippen LogP contribution is -2.34. The number of ether oxygens (including phenoxy) is 2. The maximum absolute atomic E-state index is 14.4. The molecule has 232 valence electrons. The number of benzene rings is 4. The van der Waals surface area contributed by atoms with Crippen molar-refractivity contribution in [2.75, 3.05) is 20.8 Å². The van der Waals surface area contributed by atoms with Crippen LogP contribution < -0.4 is 20.5 Å². The van der Waals surface area contributed by atoms with E-state index in [0.717, 1.165) is 0 Å². The number of rotatable bonds is 15. The van der Waals surface area contributed by atoms with Crippen LogP contribution in [0.25, 0.3) is 0 Å². The Balaban J connectivity index is 1.87. The normalized spacial score (nSPS) is 14.3. The molecule has 44 heavy (non-hydrogen) atoms. The molecule has 4 rings (SSSR count). The van der Waals surface area contributed by atoms with Crippen LogP contribution in [-0.2, 0) is 19.5 Å². The van der Waals surface area contributed by atoms with Gasteiger partial charge in [-0.15, -0.1) is 0 Å². The smallest absolute Gasteiger partial charge is 0.360 e. The minimum absolute atomic E-state index is 0.0416. The number of aliphatic hydroxyl groups is 2. The van der Waals surface area contributed by atoms with Gasteiger partial charge in [0.25, 0.3) is 0 Å². The van der Waals surface area contributed by atoms with Crippen molar-refractivity contribution in [3.63, 3.8) is 0 Å². The SMILES string of the molecule is COc1ccc(C(OP(=O)(O)c2cccc(C(C(N)=O)C(O)CCCCO)c2)(c2ccccc2)c2ccc(OC)cc2)cc1. The zero-order valence-corrected chi connectivity index (χ0v) is 25.6. The van der Waals surface area contributed by atoms with Crippen LogP contribution in [0.15, 0.2) is 103 Å². The van der Waals surface area contributed by atoms with E-state index >= 15 is 0 Å². The molecule has 3 atom stereocenters. The highest BCUT2D eigenvalue weighted by Gasteiger charge is 2.44. The highest BCUT2D eigenvalue weighted by atomic mass is 31.2. The van der Waals surface area contributed by atoms with Gasteiger partial charge in [-0.05, 0) is 77.9 Å². The maximum atomic E-state index is 14.4. The third-order valence-electron chi connectivity index (χ3n) is 7.59. The molecule has 0 heterocycles. The number of nitrogens with two attached hydrogens (primary N) is 1. The van der Waals surface area contributed by atoms with E-state index in [0.29, 0.717) is 41.0 Å². The van der Waals surface area contributed by atoms with Crippen molar-refractivity contribution in [3.8, 4) is 11.5 Å². The zero-order chi connectivity index (χ0) is 31.7. The summed E-state index contributed by atoms with van der Waals surface area (Å²) in [6, 6.07) is 29.1. The van der Waals surface area contributed by atoms with E-state index in [1.54, 1.807) is 68.8 Å². The molecule has 0 aliphatic heterocycles. The molecular formula is C34H38NO8P. The van der Waals surface area contributed by atoms with Gasteiger partial charge in [0.1, 0.15) is 11.5 Å². The average molecular weight is 620 g/mol. The first-order chi connectivity index (χ1) is 21.2. The molecule has 0 fully saturated rings. The second-order valence-electron chi connectivity index (χ2n) is 10.4. The van der Waals surface area contributed by atoms with Crippen LogP contribution in [0.1, 0.15) is 47.4 Å². The second-order valence-corrected chi connectivity index (χ2v) is 12.1. The molecule has 0 saturated heterocycles. The number of hydrogen-bond acceptors (Lipinski definition) is 7. The van der Waals surface area contributed by atoms with E-state index in [1.165, 1.54) is 18.2 Å². The lowest BCUT2D eigenvalue weighted by atomic mass is 9.80. The van der Waals surface area contributed by atoms with E-state index < -0.39 is 31.1 Å². The van der Waals surface area contributed by atoms with Crippen molar-refractivity contribution < 1.29 is 38.5 Å². The molecule has 0 saturated carbocycles. The molecule has 0 radical (unpaired) electrons. The van der Waals surface area contributed by atoms with Gasteiger partial charge in [-0.3, -0.25) is 13.9 Å². The van der Waals surface area contributed by atoms with E-state index in [2.05, 4.69) is 0 Å². The fraction of sp³-hybridized carbons (Fsp3) is 0.265. The first-order valence-electron chi connectivity index (χ1n) is 14.2. The Hall–Kier alpha value is -3.98. The van der Waals surface area contributed by atoms with Crippen molar-refractivity contribution in [3.05, 3.63) is 125 Å². The summed E-state index contributed by atoms with van der Waals surface area (Å²) >= 11 is 0. The number of carbonyl (C=O) groups excluding carboxylic acids is 1. The standard InChI is InChI=1S/C34H38NO8P/c1-41-28-18-14-26(15-19-28)34(25-10-4-3-5-11-25,27-16-20-29(42-2)21-17-27)43-44(39,40)30-12-8-9-24(23-30)32(33(35)38)31(37)13-6-7-22-36/h3-5,8-12,14-21,23,31-32,36-37H,6-7,13,22H2,1-2H3,(H2,35,38)(H,39,40). The fourth-order valence-corrected chi connectivity index (χ4v) is 6.70. The summed E-state index contributed by atoms with van der Waals surface area (Å²) in [7, 11) is -1.58. The van der Waals surface area contributed by atoms with Crippen molar-refractivity contribution in [2.24, 2.45) is 5.73 Å². The summed E-state index contributed by atoms with van der Waals surface area (Å²) in [5.41, 5.74) is 6.10. The van der Waals surface area contributed by atoms with E-state index in [-0.39, 0.29) is 23.9 Å². The predicted octanol–water partition coefficient (Wildman–Crippen LogP) is 4.62. The van der Waals surface area contributed by atoms with Crippen LogP contribution in [0.5, 0.6) is 11.5 Å². The zero-order valence-electron chi connectivity index (χ0n) is 24.7. The fourth-order valence-electron chi connectivity index (χ4n) is 5.32. The van der Waals surface area contributed by atoms with Crippen molar-refractivity contribution in [1.82, 2.24) is 0 Å². The Morgan fingerprint density at radius 1 is 0.818 bits per heavy atom. The van der Waals surface area contributed by atoms with Gasteiger partial charge in [-0.25, -0.2) is 0 Å². The second kappa shape index (κ2) is 14.7. The Morgan fingerprint density at radius 3 is 1.86 bits per heavy atom. The van der Waals surface area contributed by atoms with Gasteiger partial charge in [0.15, 0.2) is 5.60 Å². The molecule has 3 unspecified atom stereocenters. The molecule has 9 nitrogen and oxygen atoms in total. The Morgan fingerprint density at radius 2 is 1.36 bits per heavy atom. The number of aliphatic hydroxyl groups excluding tert-OH is 2. The molecule has 10 heteroatoms. The number of hydrogen-bond donors (Lipinski definition) is 4. The predicted molar refractivity (Wildman–Crippen MR) is 168 cm³/mol. The summed E-state index contributed by atoms with van der Waals surface area (Å²) < 4.78 is 31.6. The topological polar surface area (TPSA) is 149 Å². The largest absolute Gasteiger partial charge is 0.497 e. The van der Waals surface area contributed by atoms with Crippen LogP contribution in [0, 0.1) is 0 Å². The minimum Gasteiger partial charge on any atom is -0.497 e. The average Bonchev–Trinajstić information content (AvgIpc) is 3.04. The molecule has 4 aromatic carbocycles. The van der Waals surface area contributed by atoms with E-state index in [4.69, 9.17) is 24.8 Å². The molecule has 0 spiro atoms. The summed E-state index contributed by atoms with van der Waals surface area (Å²) in [6.45, 7) is -0.0416. The number of amides is 1. The van der Waals surface area contributed by atoms with Gasteiger partial charge in [0.05, 0.1) is 31.5 Å². The number of carbonyl (C=O) groups is 1. The van der Waals surface area contributed by atoms with Crippen molar-refractivity contribution >= 4 is 18.8 Å². The first-order valence-corrected chi connectivity index (χ1v) is 15.8. The summed E-state index contributed by atoms with van der Waals surface area (Å²) in [5.74, 6) is -0.709. The molecule has 1 amide bonds. The van der Waals surface area contributed by atoms with Crippen LogP contribution >= 0.6 is 7.60 Å². The third kappa shape index (κ3) is 7.21. The number of methoxy groups -OCH3 is 2. The van der Waals surface area contributed by atoms with E-state index in [9.17, 15) is 19.4 Å². The molecule has 0 aromatic heterocycles. The van der Waals surface area contributed by atoms with Crippen molar-refractivity contribution in [1.29, 1.82) is 0 Å². The van der Waals surface area contributed by atoms with E-state index in [1.807, 2.05) is 30.3 Å². The monoisotopic (exact) mass is 619 g/mol. The van der Waals surface area contributed by atoms with Gasteiger partial charge in [0.2, 0.25) is 5.91 Å². The Kier molecular flexibility index (Phi) is 11.0. The minimum atomic E-state index is -4.68. The Bertz CT molecular complexity index is 1510. The summed E-state index contributed by atoms with van der Waals surface area (Å²) in [4.78, 5) is 24.2. The summed E-state index contributed by atoms with van der Waals surface area (Å²) in [6.07, 6.45) is 0.0139. The molecule has 4 aromatic rings. The first kappa shape index (κ1) is 32.9. The quantitative estimate of drug-likeness (QED) is 0.0857. The molecular weight excluding hydrogens is 581 g/mol. The van der Waals surface area contributed by atoms with Crippen molar-refractivity contribution in [2.45, 2.75) is 36.9 Å². The molecule has 0 aliphatic rings. The number of primary amides is 1. The van der Waals surface area contributed by atoms with Gasteiger partial charge in [0, 0.05) is 6.61 Å². The number of unbranched alkanes of at least 4 members (excludes halogenated alkanes) is 1. The van der Waals surface area contributed by atoms with Crippen LogP contribution in [0.3, 0.4) is 0 Å². The molecule has 0 bridgehead atoms. The maximum Gasteiger partial charge on any atom is 0.360 e. The third-order valence-corrected chi connectivity index (χ3v) is 9.04. The lowest BCUT2D eigenvalue weighted by molar-refractivity contribution is -0.122. The van der Waals surface area contributed by atoms with Crippen LogP contribution in [0.4, 0.5) is 0 Å². The summed E-state index contributed by atoms with van der Waals surface area (Å²) in [5, 5.41) is 19.8. The highest BCUT2D eigenvalue weighted by molar-refractivity contribution is 7.61. The van der Waals surface area contributed by atoms with Gasteiger partial charge < -0.3 is 30.3 Å². The van der Waals surface area contributed by atoms with Crippen LogP contribution in [-0.4, -0.2) is 47.9 Å². The van der Waals surface area contributed by atoms with Gasteiger partial charge in [-0.2, -0.15) is 0 Å². The lowest BCUT2D eigenvalue weighted by Gasteiger charge is -2.37. The molecule has 5 N–H and O–H groups in total. The molecule has 0 aliphatic carbocycles. The highest BCUT2D eigenvalue weighted by Crippen LogP contribution is 2.54. The van der Waals surface area contributed by atoms with Gasteiger partial charge in [-0.1, -0.05) is 66.7 Å². The Labute approximate surface area is 257 Å². The van der Waals surface area contributed by atoms with Gasteiger partial charge >= 0.3 is 7.60 Å². The van der Waals surface area contributed by atoms with Crippen LogP contribution in [0.2, 0.25) is 0 Å².